The Morgan fingerprint density at radius 3 is 2.24 bits per heavy atom. The van der Waals surface area contributed by atoms with Crippen LogP contribution in [0, 0.1) is 0 Å². The predicted molar refractivity (Wildman–Crippen MR) is 121 cm³/mol. The van der Waals surface area contributed by atoms with Gasteiger partial charge >= 0.3 is 12.3 Å². The highest BCUT2D eigenvalue weighted by atomic mass is 19.4. The van der Waals surface area contributed by atoms with Gasteiger partial charge in [0.05, 0.1) is 11.3 Å². The van der Waals surface area contributed by atoms with Gasteiger partial charge in [0.1, 0.15) is 6.61 Å². The third kappa shape index (κ3) is 4.85. The van der Waals surface area contributed by atoms with Gasteiger partial charge in [-0.1, -0.05) is 66.7 Å². The van der Waals surface area contributed by atoms with Gasteiger partial charge in [0.15, 0.2) is 0 Å². The number of alkyl halides is 3. The molecule has 0 aliphatic heterocycles. The van der Waals surface area contributed by atoms with Crippen molar-refractivity contribution in [3.05, 3.63) is 95.1 Å². The molecular formula is C25H22F3N3O2. The second-order valence-electron chi connectivity index (χ2n) is 7.55. The summed E-state index contributed by atoms with van der Waals surface area (Å²) in [5, 5.41) is 2.62. The number of benzene rings is 3. The van der Waals surface area contributed by atoms with Gasteiger partial charge in [0, 0.05) is 12.5 Å². The van der Waals surface area contributed by atoms with E-state index in [0.717, 1.165) is 34.4 Å². The molecule has 1 amide bonds. The van der Waals surface area contributed by atoms with Gasteiger partial charge in [0.25, 0.3) is 0 Å². The van der Waals surface area contributed by atoms with Gasteiger partial charge in [-0.3, -0.25) is 5.84 Å². The summed E-state index contributed by atoms with van der Waals surface area (Å²) in [4.78, 5) is 12.2. The maximum Gasteiger partial charge on any atom is 0.416 e. The average molecular weight is 453 g/mol. The summed E-state index contributed by atoms with van der Waals surface area (Å²) in [6, 6.07) is 19.3. The molecule has 0 bridgehead atoms. The fraction of sp³-hybridized carbons (Fsp3) is 0.160. The average Bonchev–Trinajstić information content (AvgIpc) is 3.13. The van der Waals surface area contributed by atoms with Gasteiger partial charge in [-0.25, -0.2) is 4.79 Å². The standard InChI is InChI=1S/C25H22F3N3O2/c26-25(27,28)17-12-11-16(23(14-17)31-29)6-5-13-30-24(32)33-15-22-20-9-3-1-7-18(20)19-8-2-4-10-21(19)22/h1-12,14,22,31H,13,15,29H2,(H,30,32). The first-order valence-corrected chi connectivity index (χ1v) is 10.3. The summed E-state index contributed by atoms with van der Waals surface area (Å²) >= 11 is 0. The van der Waals surface area contributed by atoms with Crippen LogP contribution in [0.3, 0.4) is 0 Å². The molecule has 0 spiro atoms. The number of nitrogens with one attached hydrogen (secondary N) is 2. The molecule has 4 rings (SSSR count). The smallest absolute Gasteiger partial charge is 0.416 e. The van der Waals surface area contributed by atoms with E-state index < -0.39 is 17.8 Å². The van der Waals surface area contributed by atoms with Gasteiger partial charge in [-0.15, -0.1) is 0 Å². The van der Waals surface area contributed by atoms with Crippen molar-refractivity contribution in [2.24, 2.45) is 5.84 Å². The van der Waals surface area contributed by atoms with E-state index in [1.165, 1.54) is 6.07 Å². The van der Waals surface area contributed by atoms with Crippen molar-refractivity contribution in [2.45, 2.75) is 12.1 Å². The summed E-state index contributed by atoms with van der Waals surface area (Å²) < 4.78 is 43.9. The molecule has 4 N–H and O–H groups in total. The molecule has 0 atom stereocenters. The Morgan fingerprint density at radius 2 is 1.64 bits per heavy atom. The Hall–Kier alpha value is -3.78. The number of hydrazine groups is 1. The van der Waals surface area contributed by atoms with Crippen LogP contribution in [0.5, 0.6) is 0 Å². The summed E-state index contributed by atoms with van der Waals surface area (Å²) in [5.74, 6) is 5.30. The molecule has 33 heavy (non-hydrogen) atoms. The van der Waals surface area contributed by atoms with Crippen molar-refractivity contribution in [2.75, 3.05) is 18.6 Å². The molecule has 1 aliphatic carbocycles. The zero-order valence-corrected chi connectivity index (χ0v) is 17.5. The van der Waals surface area contributed by atoms with E-state index in [9.17, 15) is 18.0 Å². The lowest BCUT2D eigenvalue weighted by Gasteiger charge is -2.14. The summed E-state index contributed by atoms with van der Waals surface area (Å²) in [6.45, 7) is 0.339. The Balaban J connectivity index is 1.33. The Labute approximate surface area is 189 Å². The molecule has 0 saturated carbocycles. The molecule has 0 unspecified atom stereocenters. The topological polar surface area (TPSA) is 76.4 Å². The highest BCUT2D eigenvalue weighted by Gasteiger charge is 2.31. The first-order chi connectivity index (χ1) is 15.9. The lowest BCUT2D eigenvalue weighted by molar-refractivity contribution is -0.137. The van der Waals surface area contributed by atoms with Crippen molar-refractivity contribution >= 4 is 17.9 Å². The van der Waals surface area contributed by atoms with Crippen LogP contribution in [-0.4, -0.2) is 19.2 Å². The van der Waals surface area contributed by atoms with Crippen LogP contribution in [0.15, 0.2) is 72.8 Å². The number of ether oxygens (including phenoxy) is 1. The number of carbonyl (C=O) groups is 1. The molecule has 3 aromatic carbocycles. The van der Waals surface area contributed by atoms with E-state index in [1.54, 1.807) is 12.2 Å². The monoisotopic (exact) mass is 453 g/mol. The quantitative estimate of drug-likeness (QED) is 0.338. The van der Waals surface area contributed by atoms with Crippen molar-refractivity contribution in [1.82, 2.24) is 5.32 Å². The fourth-order valence-corrected chi connectivity index (χ4v) is 3.98. The number of fused-ring (bicyclic) bond motifs is 3. The molecule has 170 valence electrons. The van der Waals surface area contributed by atoms with Crippen LogP contribution in [0.1, 0.15) is 28.2 Å². The second kappa shape index (κ2) is 9.38. The van der Waals surface area contributed by atoms with Crippen molar-refractivity contribution in [3.63, 3.8) is 0 Å². The molecule has 0 fully saturated rings. The molecule has 0 aromatic heterocycles. The number of nitrogens with two attached hydrogens (primary N) is 1. The Kier molecular flexibility index (Phi) is 6.37. The first kappa shape index (κ1) is 22.4. The Morgan fingerprint density at radius 1 is 1.00 bits per heavy atom. The molecule has 0 heterocycles. The maximum absolute atomic E-state index is 12.8. The number of anilines is 1. The largest absolute Gasteiger partial charge is 0.449 e. The van der Waals surface area contributed by atoms with Crippen LogP contribution in [0.4, 0.5) is 23.7 Å². The van der Waals surface area contributed by atoms with Crippen LogP contribution in [0.2, 0.25) is 0 Å². The summed E-state index contributed by atoms with van der Waals surface area (Å²) in [5.41, 5.74) is 6.58. The number of hydrogen-bond donors (Lipinski definition) is 3. The van der Waals surface area contributed by atoms with Gasteiger partial charge in [-0.2, -0.15) is 13.2 Å². The zero-order valence-electron chi connectivity index (χ0n) is 17.5. The van der Waals surface area contributed by atoms with E-state index in [0.29, 0.717) is 5.56 Å². The van der Waals surface area contributed by atoms with Gasteiger partial charge in [0.2, 0.25) is 0 Å². The number of rotatable bonds is 6. The van der Waals surface area contributed by atoms with Crippen LogP contribution >= 0.6 is 0 Å². The van der Waals surface area contributed by atoms with E-state index in [-0.39, 0.29) is 24.8 Å². The summed E-state index contributed by atoms with van der Waals surface area (Å²) in [7, 11) is 0. The zero-order chi connectivity index (χ0) is 23.4. The molecule has 1 aliphatic rings. The fourth-order valence-electron chi connectivity index (χ4n) is 3.98. The lowest BCUT2D eigenvalue weighted by Crippen LogP contribution is -2.26. The SMILES string of the molecule is NNc1cc(C(F)(F)F)ccc1C=CCNC(=O)OCC1c2ccccc2-c2ccccc21. The maximum atomic E-state index is 12.8. The van der Waals surface area contributed by atoms with Gasteiger partial charge in [-0.05, 0) is 39.9 Å². The number of amides is 1. The third-order valence-corrected chi connectivity index (χ3v) is 5.54. The molecule has 0 saturated heterocycles. The molecule has 0 radical (unpaired) electrons. The van der Waals surface area contributed by atoms with Crippen LogP contribution < -0.4 is 16.6 Å². The minimum absolute atomic E-state index is 0.0379. The highest BCUT2D eigenvalue weighted by molar-refractivity contribution is 5.79. The highest BCUT2D eigenvalue weighted by Crippen LogP contribution is 2.44. The van der Waals surface area contributed by atoms with Gasteiger partial charge < -0.3 is 15.5 Å². The number of carbonyl (C=O) groups excluding carboxylic acids is 1. The van der Waals surface area contributed by atoms with Crippen molar-refractivity contribution in [1.29, 1.82) is 0 Å². The number of alkyl carbamates (subject to hydrolysis) is 1. The molecule has 5 nitrogen and oxygen atoms in total. The first-order valence-electron chi connectivity index (χ1n) is 10.3. The minimum atomic E-state index is -4.46. The second-order valence-corrected chi connectivity index (χ2v) is 7.55. The number of nitrogen functional groups attached to an aromatic ring is 1. The lowest BCUT2D eigenvalue weighted by atomic mass is 9.98. The van der Waals surface area contributed by atoms with Crippen molar-refractivity contribution in [3.8, 4) is 11.1 Å². The van der Waals surface area contributed by atoms with E-state index in [1.807, 2.05) is 36.4 Å². The van der Waals surface area contributed by atoms with E-state index >= 15 is 0 Å². The van der Waals surface area contributed by atoms with E-state index in [4.69, 9.17) is 10.6 Å². The van der Waals surface area contributed by atoms with Crippen LogP contribution in [0.25, 0.3) is 17.2 Å². The molecule has 8 heteroatoms. The third-order valence-electron chi connectivity index (χ3n) is 5.54. The van der Waals surface area contributed by atoms with E-state index in [2.05, 4.69) is 22.9 Å². The van der Waals surface area contributed by atoms with Crippen molar-refractivity contribution < 1.29 is 22.7 Å². The Bertz CT molecular complexity index is 1150. The van der Waals surface area contributed by atoms with Crippen LogP contribution in [-0.2, 0) is 10.9 Å². The minimum Gasteiger partial charge on any atom is -0.449 e. The molecule has 3 aromatic rings. The number of hydrogen-bond acceptors (Lipinski definition) is 4. The number of halogens is 3. The summed E-state index contributed by atoms with van der Waals surface area (Å²) in [6.07, 6.45) is -1.87. The molecular weight excluding hydrogens is 431 g/mol. The predicted octanol–water partition coefficient (Wildman–Crippen LogP) is 5.54. The normalized spacial score (nSPS) is 13.0.